The first kappa shape index (κ1) is 21.6. The normalized spacial score (nSPS) is 11.9. The van der Waals surface area contributed by atoms with Crippen LogP contribution < -0.4 is 19.5 Å². The fraction of sp³-hybridized carbons (Fsp3) is 0.348. The Balaban J connectivity index is 1.52. The smallest absolute Gasteiger partial charge is 0.211 e. The van der Waals surface area contributed by atoms with Crippen LogP contribution in [0.4, 0.5) is 4.39 Å². The molecule has 0 bridgehead atoms. The molecular weight excluding hydrogens is 387 g/mol. The van der Waals surface area contributed by atoms with Gasteiger partial charge in [0.2, 0.25) is 5.89 Å². The molecule has 6 nitrogen and oxygen atoms in total. The van der Waals surface area contributed by atoms with Crippen LogP contribution >= 0.6 is 0 Å². The van der Waals surface area contributed by atoms with Gasteiger partial charge in [0.05, 0.1) is 18.8 Å². The molecule has 0 saturated carbocycles. The second-order valence-electron chi connectivity index (χ2n) is 6.78. The summed E-state index contributed by atoms with van der Waals surface area (Å²) in [6.45, 7) is 7.67. The number of aromatic nitrogens is 1. The summed E-state index contributed by atoms with van der Waals surface area (Å²) in [7, 11) is 0. The summed E-state index contributed by atoms with van der Waals surface area (Å²) < 4.78 is 35.6. The fourth-order valence-corrected chi connectivity index (χ4v) is 2.82. The van der Waals surface area contributed by atoms with Gasteiger partial charge in [-0.25, -0.2) is 9.37 Å². The van der Waals surface area contributed by atoms with Crippen LogP contribution in [0.2, 0.25) is 0 Å². The Morgan fingerprint density at radius 2 is 1.80 bits per heavy atom. The van der Waals surface area contributed by atoms with Gasteiger partial charge in [0.15, 0.2) is 11.5 Å². The molecule has 3 rings (SSSR count). The van der Waals surface area contributed by atoms with Crippen LogP contribution in [-0.2, 0) is 6.54 Å². The number of halogens is 1. The van der Waals surface area contributed by atoms with E-state index in [0.29, 0.717) is 49.5 Å². The van der Waals surface area contributed by atoms with E-state index in [1.54, 1.807) is 18.3 Å². The van der Waals surface area contributed by atoms with E-state index in [1.807, 2.05) is 39.0 Å². The van der Waals surface area contributed by atoms with Crippen molar-refractivity contribution in [2.24, 2.45) is 0 Å². The number of nitrogens with zero attached hydrogens (tertiary/aromatic N) is 1. The van der Waals surface area contributed by atoms with E-state index < -0.39 is 0 Å². The highest BCUT2D eigenvalue weighted by Crippen LogP contribution is 2.29. The molecule has 0 saturated heterocycles. The molecule has 0 aliphatic carbocycles. The minimum Gasteiger partial charge on any atom is -0.490 e. The van der Waals surface area contributed by atoms with Crippen molar-refractivity contribution < 1.29 is 23.0 Å². The Labute approximate surface area is 176 Å². The van der Waals surface area contributed by atoms with Crippen LogP contribution in [0.3, 0.4) is 0 Å². The van der Waals surface area contributed by atoms with Gasteiger partial charge in [-0.05, 0) is 62.7 Å². The lowest BCUT2D eigenvalue weighted by molar-refractivity contribution is 0.208. The summed E-state index contributed by atoms with van der Waals surface area (Å²) in [4.78, 5) is 4.25. The Morgan fingerprint density at radius 3 is 2.50 bits per heavy atom. The molecule has 0 aliphatic heterocycles. The standard InChI is InChI=1S/C23H27FN2O4/c1-4-27-22-13-18(15-25-17(3)23-26-14-16(2)30-23)5-10-21(22)29-12-11-28-20-8-6-19(24)7-9-20/h5-10,13-14,17,25H,4,11-12,15H2,1-3H3/t17-/m0/s1. The second kappa shape index (κ2) is 10.6. The topological polar surface area (TPSA) is 65.8 Å². The van der Waals surface area contributed by atoms with Crippen molar-refractivity contribution in [2.75, 3.05) is 19.8 Å². The third kappa shape index (κ3) is 6.22. The number of aryl methyl sites for hydroxylation is 1. The summed E-state index contributed by atoms with van der Waals surface area (Å²) in [5.41, 5.74) is 1.06. The molecule has 1 atom stereocenters. The van der Waals surface area contributed by atoms with Crippen molar-refractivity contribution in [3.63, 3.8) is 0 Å². The van der Waals surface area contributed by atoms with Gasteiger partial charge < -0.3 is 23.9 Å². The van der Waals surface area contributed by atoms with E-state index >= 15 is 0 Å². The maximum atomic E-state index is 12.9. The number of nitrogens with one attached hydrogen (secondary N) is 1. The molecule has 1 aromatic heterocycles. The summed E-state index contributed by atoms with van der Waals surface area (Å²) in [5, 5.41) is 3.39. The van der Waals surface area contributed by atoms with Crippen LogP contribution in [0, 0.1) is 12.7 Å². The quantitative estimate of drug-likeness (QED) is 0.454. The average Bonchev–Trinajstić information content (AvgIpc) is 3.18. The summed E-state index contributed by atoms with van der Waals surface area (Å²) in [5.74, 6) is 3.10. The van der Waals surface area contributed by atoms with Crippen molar-refractivity contribution in [1.82, 2.24) is 10.3 Å². The Hall–Kier alpha value is -3.06. The van der Waals surface area contributed by atoms with Crippen molar-refractivity contribution in [2.45, 2.75) is 33.4 Å². The maximum absolute atomic E-state index is 12.9. The molecule has 2 aromatic carbocycles. The number of ether oxygens (including phenoxy) is 3. The predicted molar refractivity (Wildman–Crippen MR) is 111 cm³/mol. The summed E-state index contributed by atoms with van der Waals surface area (Å²) in [6.07, 6.45) is 1.71. The summed E-state index contributed by atoms with van der Waals surface area (Å²) >= 11 is 0. The first-order valence-electron chi connectivity index (χ1n) is 9.97. The fourth-order valence-electron chi connectivity index (χ4n) is 2.82. The third-order valence-corrected chi connectivity index (χ3v) is 4.35. The van der Waals surface area contributed by atoms with E-state index in [-0.39, 0.29) is 11.9 Å². The van der Waals surface area contributed by atoms with Crippen LogP contribution in [0.1, 0.15) is 37.1 Å². The highest BCUT2D eigenvalue weighted by Gasteiger charge is 2.12. The van der Waals surface area contributed by atoms with Gasteiger partial charge in [-0.2, -0.15) is 0 Å². The number of oxazole rings is 1. The molecule has 1 heterocycles. The number of benzene rings is 2. The van der Waals surface area contributed by atoms with Crippen molar-refractivity contribution in [3.05, 3.63) is 71.7 Å². The van der Waals surface area contributed by atoms with Crippen molar-refractivity contribution in [1.29, 1.82) is 0 Å². The predicted octanol–water partition coefficient (Wildman–Crippen LogP) is 4.83. The zero-order valence-corrected chi connectivity index (χ0v) is 17.5. The van der Waals surface area contributed by atoms with Crippen LogP contribution in [0.25, 0.3) is 0 Å². The monoisotopic (exact) mass is 414 g/mol. The molecule has 3 aromatic rings. The summed E-state index contributed by atoms with van der Waals surface area (Å²) in [6, 6.07) is 11.7. The number of hydrogen-bond donors (Lipinski definition) is 1. The average molecular weight is 414 g/mol. The van der Waals surface area contributed by atoms with Gasteiger partial charge in [0, 0.05) is 6.54 Å². The van der Waals surface area contributed by atoms with Crippen LogP contribution in [-0.4, -0.2) is 24.8 Å². The highest BCUT2D eigenvalue weighted by atomic mass is 19.1. The minimum atomic E-state index is -0.292. The van der Waals surface area contributed by atoms with Gasteiger partial charge in [0.25, 0.3) is 0 Å². The zero-order valence-electron chi connectivity index (χ0n) is 17.5. The van der Waals surface area contributed by atoms with Crippen LogP contribution in [0.15, 0.2) is 53.1 Å². The molecule has 0 spiro atoms. The van der Waals surface area contributed by atoms with E-state index in [1.165, 1.54) is 12.1 Å². The first-order valence-corrected chi connectivity index (χ1v) is 9.97. The Morgan fingerprint density at radius 1 is 1.03 bits per heavy atom. The molecule has 0 aliphatic rings. The molecule has 30 heavy (non-hydrogen) atoms. The minimum absolute atomic E-state index is 0.00576. The van der Waals surface area contributed by atoms with E-state index in [9.17, 15) is 4.39 Å². The molecule has 0 amide bonds. The second-order valence-corrected chi connectivity index (χ2v) is 6.78. The van der Waals surface area contributed by atoms with Gasteiger partial charge in [-0.15, -0.1) is 0 Å². The number of rotatable bonds is 11. The molecule has 160 valence electrons. The Bertz CT molecular complexity index is 927. The highest BCUT2D eigenvalue weighted by molar-refractivity contribution is 5.43. The lowest BCUT2D eigenvalue weighted by atomic mass is 10.2. The van der Waals surface area contributed by atoms with Crippen molar-refractivity contribution in [3.8, 4) is 17.2 Å². The van der Waals surface area contributed by atoms with Gasteiger partial charge >= 0.3 is 0 Å². The maximum Gasteiger partial charge on any atom is 0.211 e. The molecular formula is C23H27FN2O4. The third-order valence-electron chi connectivity index (χ3n) is 4.35. The molecule has 0 unspecified atom stereocenters. The SMILES string of the molecule is CCOc1cc(CN[C@@H](C)c2ncc(C)o2)ccc1OCCOc1ccc(F)cc1. The molecule has 7 heteroatoms. The first-order chi connectivity index (χ1) is 14.5. The molecule has 0 fully saturated rings. The van der Waals surface area contributed by atoms with Gasteiger partial charge in [0.1, 0.15) is 30.5 Å². The van der Waals surface area contributed by atoms with E-state index in [4.69, 9.17) is 18.6 Å². The lowest BCUT2D eigenvalue weighted by Crippen LogP contribution is -2.18. The van der Waals surface area contributed by atoms with Gasteiger partial charge in [-0.3, -0.25) is 0 Å². The van der Waals surface area contributed by atoms with Crippen molar-refractivity contribution >= 4 is 0 Å². The zero-order chi connectivity index (χ0) is 21.3. The molecule has 0 radical (unpaired) electrons. The van der Waals surface area contributed by atoms with Crippen LogP contribution in [0.5, 0.6) is 17.2 Å². The van der Waals surface area contributed by atoms with E-state index in [0.717, 1.165) is 11.3 Å². The number of hydrogen-bond acceptors (Lipinski definition) is 6. The molecule has 1 N–H and O–H groups in total. The van der Waals surface area contributed by atoms with E-state index in [2.05, 4.69) is 10.3 Å². The lowest BCUT2D eigenvalue weighted by Gasteiger charge is -2.15. The largest absolute Gasteiger partial charge is 0.490 e. The Kier molecular flexibility index (Phi) is 7.68. The van der Waals surface area contributed by atoms with Gasteiger partial charge in [-0.1, -0.05) is 6.07 Å².